The molecule has 0 radical (unpaired) electrons. The Morgan fingerprint density at radius 2 is 2.02 bits per heavy atom. The van der Waals surface area contributed by atoms with Crippen molar-refractivity contribution < 1.29 is 13.9 Å². The second-order valence-electron chi connectivity index (χ2n) is 11.7. The fraction of sp³-hybridized carbons (Fsp3) is 0.467. The first kappa shape index (κ1) is 30.2. The van der Waals surface area contributed by atoms with E-state index < -0.39 is 17.5 Å². The van der Waals surface area contributed by atoms with E-state index in [9.17, 15) is 9.18 Å². The molecule has 1 amide bonds. The van der Waals surface area contributed by atoms with Gasteiger partial charge in [-0.25, -0.2) is 28.7 Å². The Kier molecular flexibility index (Phi) is 8.27. The Morgan fingerprint density at radius 1 is 1.24 bits per heavy atom. The van der Waals surface area contributed by atoms with Crippen LogP contribution in [0.4, 0.5) is 16.0 Å². The van der Waals surface area contributed by atoms with E-state index in [0.717, 1.165) is 35.8 Å². The summed E-state index contributed by atoms with van der Waals surface area (Å²) in [4.78, 5) is 31.9. The molecule has 4 aromatic heterocycles. The number of hydrogen-bond acceptors (Lipinski definition) is 10. The predicted octanol–water partition coefficient (Wildman–Crippen LogP) is 4.33. The molecule has 2 saturated carbocycles. The number of rotatable bonds is 10. The largest absolute Gasteiger partial charge is 0.368 e. The number of amides is 1. The zero-order chi connectivity index (χ0) is 31.7. The summed E-state index contributed by atoms with van der Waals surface area (Å²) in [6.45, 7) is 9.05. The molecule has 0 aromatic carbocycles. The molecule has 0 spiro atoms. The number of aryl methyl sites for hydroxylation is 1. The number of carbonyl (C=O) groups is 1. The molecule has 4 heterocycles. The molecule has 6 rings (SSSR count). The van der Waals surface area contributed by atoms with Crippen molar-refractivity contribution in [2.45, 2.75) is 82.9 Å². The summed E-state index contributed by atoms with van der Waals surface area (Å²) in [6.07, 6.45) is 10.1. The second-order valence-corrected chi connectivity index (χ2v) is 11.7. The highest BCUT2D eigenvalue weighted by molar-refractivity contribution is 5.88. The van der Waals surface area contributed by atoms with Crippen LogP contribution in [-0.2, 0) is 9.53 Å². The van der Waals surface area contributed by atoms with Gasteiger partial charge in [-0.2, -0.15) is 15.3 Å². The Labute approximate surface area is 259 Å². The Hall–Kier alpha value is -4.79. The van der Waals surface area contributed by atoms with Crippen LogP contribution in [0.1, 0.15) is 75.9 Å². The number of halogens is 1. The van der Waals surface area contributed by atoms with Crippen LogP contribution < -0.4 is 10.6 Å². The van der Waals surface area contributed by atoms with E-state index in [1.54, 1.807) is 21.0 Å². The monoisotopic (exact) mass is 616 g/mol. The molecular weight excluding hydrogens is 579 g/mol. The number of nitrogens with zero attached hydrogens (tertiary/aromatic N) is 9. The van der Waals surface area contributed by atoms with Crippen molar-refractivity contribution in [2.75, 3.05) is 12.4 Å². The normalized spacial score (nSPS) is 21.6. The summed E-state index contributed by atoms with van der Waals surface area (Å²) in [6, 6.07) is 1.78. The van der Waals surface area contributed by atoms with Gasteiger partial charge in [0.25, 0.3) is 5.91 Å². The van der Waals surface area contributed by atoms with Crippen molar-refractivity contribution in [3.63, 3.8) is 0 Å². The lowest BCUT2D eigenvalue weighted by molar-refractivity contribution is -0.148. The second kappa shape index (κ2) is 12.3. The summed E-state index contributed by atoms with van der Waals surface area (Å²) in [5, 5.41) is 23.0. The van der Waals surface area contributed by atoms with Crippen molar-refractivity contribution in [2.24, 2.45) is 9.98 Å². The summed E-state index contributed by atoms with van der Waals surface area (Å²) in [7, 11) is 1.56. The van der Waals surface area contributed by atoms with E-state index in [1.165, 1.54) is 17.1 Å². The molecule has 0 bridgehead atoms. The SMILES string of the molecule is C=N/C(=C\N=C(C)n1cc(F)cn1)[C@H](C)NC(=O)C1(OC)CCC(c2nc(Nc3cc(C)[nH]n3)c3cnn(C4CC4)c3n2)CC1. The molecule has 236 valence electrons. The Morgan fingerprint density at radius 3 is 2.64 bits per heavy atom. The number of H-pyrrole nitrogens is 1. The maximum absolute atomic E-state index is 13.6. The van der Waals surface area contributed by atoms with Gasteiger partial charge in [-0.05, 0) is 66.0 Å². The van der Waals surface area contributed by atoms with E-state index in [2.05, 4.69) is 47.7 Å². The number of fused-ring (bicyclic) bond motifs is 1. The fourth-order valence-corrected chi connectivity index (χ4v) is 5.66. The third kappa shape index (κ3) is 6.25. The smallest absolute Gasteiger partial charge is 0.252 e. The van der Waals surface area contributed by atoms with Gasteiger partial charge >= 0.3 is 0 Å². The van der Waals surface area contributed by atoms with Crippen LogP contribution in [0.2, 0.25) is 0 Å². The average molecular weight is 617 g/mol. The van der Waals surface area contributed by atoms with Crippen LogP contribution >= 0.6 is 0 Å². The Balaban J connectivity index is 1.17. The van der Waals surface area contributed by atoms with Crippen LogP contribution in [0.5, 0.6) is 0 Å². The van der Waals surface area contributed by atoms with Crippen LogP contribution in [0.25, 0.3) is 11.0 Å². The molecule has 4 aromatic rings. The van der Waals surface area contributed by atoms with Gasteiger partial charge < -0.3 is 15.4 Å². The van der Waals surface area contributed by atoms with Gasteiger partial charge in [0.15, 0.2) is 17.3 Å². The molecule has 14 nitrogen and oxygen atoms in total. The van der Waals surface area contributed by atoms with Gasteiger partial charge in [0, 0.05) is 24.8 Å². The van der Waals surface area contributed by atoms with Gasteiger partial charge in [-0.15, -0.1) is 0 Å². The van der Waals surface area contributed by atoms with E-state index in [1.807, 2.05) is 23.9 Å². The van der Waals surface area contributed by atoms with Gasteiger partial charge in [0.1, 0.15) is 23.1 Å². The molecule has 15 heteroatoms. The highest BCUT2D eigenvalue weighted by Gasteiger charge is 2.43. The molecule has 0 saturated heterocycles. The average Bonchev–Trinajstić information content (AvgIpc) is 3.40. The molecule has 2 aliphatic rings. The van der Waals surface area contributed by atoms with E-state index in [4.69, 9.17) is 14.7 Å². The van der Waals surface area contributed by atoms with Gasteiger partial charge in [-0.1, -0.05) is 0 Å². The molecular formula is C30H37FN12O2. The highest BCUT2D eigenvalue weighted by atomic mass is 19.1. The van der Waals surface area contributed by atoms with Crippen LogP contribution in [0, 0.1) is 12.7 Å². The molecule has 3 N–H and O–H groups in total. The van der Waals surface area contributed by atoms with E-state index in [0.29, 0.717) is 60.7 Å². The van der Waals surface area contributed by atoms with E-state index in [-0.39, 0.29) is 11.8 Å². The molecule has 0 unspecified atom stereocenters. The fourth-order valence-electron chi connectivity index (χ4n) is 5.66. The standard InChI is InChI=1S/C30H37FN12O2/c1-17-12-25(41-40-17)37-27-23-14-35-43(22-6-7-22)28(23)39-26(38-27)20-8-10-30(45-5,11-9-20)29(44)36-18(2)24(32-4)15-33-19(3)42-16-21(31)13-34-42/h12-16,18,20,22H,4,6-11H2,1-3,5H3,(H,36,44)(H2,37,38,39,40,41)/b24-15-,33-19?/t18-,20?,30?/m0/s1. The van der Waals surface area contributed by atoms with Gasteiger partial charge in [0.2, 0.25) is 0 Å². The van der Waals surface area contributed by atoms with Crippen molar-refractivity contribution in [1.82, 2.24) is 45.0 Å². The molecule has 2 fully saturated rings. The number of aromatic nitrogens is 8. The number of ether oxygens (including phenoxy) is 1. The number of methoxy groups -OCH3 is 1. The maximum atomic E-state index is 13.6. The van der Waals surface area contributed by atoms with Crippen molar-refractivity contribution >= 4 is 41.1 Å². The minimum atomic E-state index is -1.02. The van der Waals surface area contributed by atoms with Gasteiger partial charge in [0.05, 0.1) is 48.0 Å². The maximum Gasteiger partial charge on any atom is 0.252 e. The number of carbonyl (C=O) groups excluding carboxylic acids is 1. The molecule has 2 aliphatic carbocycles. The van der Waals surface area contributed by atoms with E-state index >= 15 is 0 Å². The number of aromatic amines is 1. The number of hydrogen-bond donors (Lipinski definition) is 3. The lowest BCUT2D eigenvalue weighted by Gasteiger charge is -2.38. The van der Waals surface area contributed by atoms with Crippen LogP contribution in [0.3, 0.4) is 0 Å². The van der Waals surface area contributed by atoms with Gasteiger partial charge in [-0.3, -0.25) is 14.9 Å². The number of anilines is 2. The lowest BCUT2D eigenvalue weighted by Crippen LogP contribution is -2.52. The molecule has 1 atom stereocenters. The first-order valence-corrected chi connectivity index (χ1v) is 15.0. The first-order valence-electron chi connectivity index (χ1n) is 15.0. The minimum absolute atomic E-state index is 0.0293. The van der Waals surface area contributed by atoms with Crippen molar-refractivity contribution in [1.29, 1.82) is 0 Å². The quantitative estimate of drug-likeness (QED) is 0.175. The number of nitrogens with one attached hydrogen (secondary N) is 3. The first-order chi connectivity index (χ1) is 21.7. The topological polar surface area (TPSA) is 165 Å². The van der Waals surface area contributed by atoms with Crippen LogP contribution in [-0.4, -0.2) is 76.9 Å². The zero-order valence-corrected chi connectivity index (χ0v) is 25.8. The zero-order valence-electron chi connectivity index (χ0n) is 25.8. The summed E-state index contributed by atoms with van der Waals surface area (Å²) in [5.41, 5.74) is 1.17. The molecule has 0 aliphatic heterocycles. The molecule has 45 heavy (non-hydrogen) atoms. The Bertz CT molecular complexity index is 1770. The van der Waals surface area contributed by atoms with Crippen molar-refractivity contribution in [3.8, 4) is 0 Å². The highest BCUT2D eigenvalue weighted by Crippen LogP contribution is 2.41. The summed E-state index contributed by atoms with van der Waals surface area (Å²) >= 11 is 0. The number of aliphatic imine (C=N–C) groups is 2. The summed E-state index contributed by atoms with van der Waals surface area (Å²) in [5.74, 6) is 1.81. The predicted molar refractivity (Wildman–Crippen MR) is 167 cm³/mol. The van der Waals surface area contributed by atoms with Crippen LogP contribution in [0.15, 0.2) is 46.5 Å². The lowest BCUT2D eigenvalue weighted by atomic mass is 9.77. The summed E-state index contributed by atoms with van der Waals surface area (Å²) < 4.78 is 22.5. The third-order valence-corrected chi connectivity index (χ3v) is 8.52. The third-order valence-electron chi connectivity index (χ3n) is 8.52. The minimum Gasteiger partial charge on any atom is -0.368 e. The van der Waals surface area contributed by atoms with Crippen molar-refractivity contribution in [3.05, 3.63) is 53.9 Å².